The van der Waals surface area contributed by atoms with Crippen LogP contribution in [0.3, 0.4) is 0 Å². The molecule has 0 aromatic heterocycles. The lowest BCUT2D eigenvalue weighted by Crippen LogP contribution is -2.02. The first-order valence-electron chi connectivity index (χ1n) is 10.1. The molecule has 3 N–H and O–H groups in total. The summed E-state index contributed by atoms with van der Waals surface area (Å²) in [6.07, 6.45) is 12.2. The topological polar surface area (TPSA) is 126 Å². The monoisotopic (exact) mass is 466 g/mol. The summed E-state index contributed by atoms with van der Waals surface area (Å²) in [5, 5.41) is 0. The Morgan fingerprint density at radius 2 is 1.40 bits per heavy atom. The maximum absolute atomic E-state index is 11.3. The fourth-order valence-corrected chi connectivity index (χ4v) is 4.46. The summed E-state index contributed by atoms with van der Waals surface area (Å²) >= 11 is 0. The highest BCUT2D eigenvalue weighted by Gasteiger charge is 2.46. The van der Waals surface area contributed by atoms with E-state index in [0.29, 0.717) is 6.10 Å². The third-order valence-corrected chi connectivity index (χ3v) is 7.06. The van der Waals surface area contributed by atoms with Gasteiger partial charge in [0.15, 0.2) is 0 Å². The average Bonchev–Trinajstić information content (AvgIpc) is 3.17. The number of allylic oxidation sites excluding steroid dienone is 5. The van der Waals surface area contributed by atoms with Gasteiger partial charge in [0.25, 0.3) is 0 Å². The summed E-state index contributed by atoms with van der Waals surface area (Å²) in [7, 11) is -9.86. The molecule has 0 aromatic rings. The molecule has 174 valence electrons. The van der Waals surface area contributed by atoms with Crippen molar-refractivity contribution in [1.82, 2.24) is 0 Å². The molecule has 1 aliphatic rings. The number of hydrogen-bond donors (Lipinski definition) is 3. The van der Waals surface area contributed by atoms with E-state index in [1.165, 1.54) is 11.1 Å². The van der Waals surface area contributed by atoms with Crippen molar-refractivity contribution in [2.75, 3.05) is 6.61 Å². The Morgan fingerprint density at radius 1 is 0.933 bits per heavy atom. The smallest absolute Gasteiger partial charge is 0.367 e. The van der Waals surface area contributed by atoms with Gasteiger partial charge in [0, 0.05) is 0 Å². The predicted octanol–water partition coefficient (Wildman–Crippen LogP) is 5.57. The van der Waals surface area contributed by atoms with E-state index in [-0.39, 0.29) is 12.2 Å². The molecule has 0 saturated carbocycles. The van der Waals surface area contributed by atoms with E-state index in [9.17, 15) is 14.0 Å². The standard InChI is InChI=1S/C20H36O8P2/c1-16(8-6-10-17(2)12-13-19-20(4,5)27-19)9-7-11-18(3)14-15-26-30(24,25)28-29(21,22)23/h9-10,14,19H,6-8,11-13,15H2,1-5H3,(H,24,25)(H2,21,22,23)/b16-9+,17-10+,18-14+. The van der Waals surface area contributed by atoms with Gasteiger partial charge in [-0.2, -0.15) is 4.31 Å². The van der Waals surface area contributed by atoms with Crippen molar-refractivity contribution < 1.29 is 37.4 Å². The molecule has 2 unspecified atom stereocenters. The molecule has 0 spiro atoms. The lowest BCUT2D eigenvalue weighted by atomic mass is 10.0. The molecule has 0 radical (unpaired) electrons. The number of hydrogen-bond acceptors (Lipinski definition) is 5. The van der Waals surface area contributed by atoms with Crippen molar-refractivity contribution in [3.05, 3.63) is 34.9 Å². The summed E-state index contributed by atoms with van der Waals surface area (Å²) in [5.74, 6) is 0. The first-order chi connectivity index (χ1) is 13.7. The van der Waals surface area contributed by atoms with Crippen LogP contribution in [0, 0.1) is 0 Å². The van der Waals surface area contributed by atoms with Gasteiger partial charge in [-0.15, -0.1) is 0 Å². The Balaban J connectivity index is 2.23. The van der Waals surface area contributed by atoms with E-state index in [0.717, 1.165) is 44.1 Å². The molecule has 0 bridgehead atoms. The zero-order chi connectivity index (χ0) is 23.0. The summed E-state index contributed by atoms with van der Waals surface area (Å²) in [4.78, 5) is 26.3. The van der Waals surface area contributed by atoms with Crippen molar-refractivity contribution in [2.24, 2.45) is 0 Å². The van der Waals surface area contributed by atoms with E-state index < -0.39 is 15.6 Å². The molecule has 1 heterocycles. The fraction of sp³-hybridized carbons (Fsp3) is 0.700. The third-order valence-electron chi connectivity index (χ3n) is 4.91. The van der Waals surface area contributed by atoms with E-state index in [2.05, 4.69) is 48.7 Å². The third kappa shape index (κ3) is 13.0. The van der Waals surface area contributed by atoms with E-state index >= 15 is 0 Å². The first kappa shape index (κ1) is 27.5. The van der Waals surface area contributed by atoms with Crippen LogP contribution in [-0.4, -0.2) is 33.0 Å². The molecule has 0 aliphatic carbocycles. The molecule has 30 heavy (non-hydrogen) atoms. The zero-order valence-corrected chi connectivity index (χ0v) is 20.3. The minimum absolute atomic E-state index is 0.0622. The second kappa shape index (κ2) is 11.9. The number of rotatable bonds is 14. The number of phosphoric ester groups is 1. The van der Waals surface area contributed by atoms with Gasteiger partial charge >= 0.3 is 15.6 Å². The van der Waals surface area contributed by atoms with Crippen LogP contribution in [-0.2, 0) is 22.7 Å². The summed E-state index contributed by atoms with van der Waals surface area (Å²) in [6, 6.07) is 0. The second-order valence-corrected chi connectivity index (χ2v) is 11.1. The van der Waals surface area contributed by atoms with Gasteiger partial charge in [0.2, 0.25) is 0 Å². The number of phosphoric acid groups is 2. The van der Waals surface area contributed by atoms with Crippen molar-refractivity contribution in [2.45, 2.75) is 84.8 Å². The van der Waals surface area contributed by atoms with Crippen molar-refractivity contribution >= 4 is 15.6 Å². The fourth-order valence-electron chi connectivity index (χ4n) is 2.93. The number of epoxide rings is 1. The molecule has 0 amide bonds. The van der Waals surface area contributed by atoms with Gasteiger partial charge in [0.1, 0.15) is 0 Å². The molecule has 10 heteroatoms. The number of ether oxygens (including phenoxy) is 1. The molecule has 1 saturated heterocycles. The van der Waals surface area contributed by atoms with Crippen molar-refractivity contribution in [3.63, 3.8) is 0 Å². The predicted molar refractivity (Wildman–Crippen MR) is 117 cm³/mol. The van der Waals surface area contributed by atoms with Crippen LogP contribution >= 0.6 is 15.6 Å². The van der Waals surface area contributed by atoms with Gasteiger partial charge in [-0.1, -0.05) is 34.9 Å². The SMILES string of the molecule is C/C(=C\CC/C(C)=C/COP(=O)(O)OP(=O)(O)O)CC/C=C(\C)CCC1OC1(C)C. The van der Waals surface area contributed by atoms with E-state index in [1.54, 1.807) is 6.08 Å². The zero-order valence-electron chi connectivity index (χ0n) is 18.5. The quantitative estimate of drug-likeness (QED) is 0.172. The maximum Gasteiger partial charge on any atom is 0.481 e. The molecule has 0 aromatic carbocycles. The van der Waals surface area contributed by atoms with Crippen molar-refractivity contribution in [1.29, 1.82) is 0 Å². The van der Waals surface area contributed by atoms with Crippen LogP contribution in [0.15, 0.2) is 34.9 Å². The molecule has 1 aliphatic heterocycles. The van der Waals surface area contributed by atoms with Crippen LogP contribution in [0.2, 0.25) is 0 Å². The Labute approximate surface area is 179 Å². The lowest BCUT2D eigenvalue weighted by Gasteiger charge is -2.11. The van der Waals surface area contributed by atoms with Gasteiger partial charge < -0.3 is 19.4 Å². The summed E-state index contributed by atoms with van der Waals surface area (Å²) in [6.45, 7) is 10.1. The van der Waals surface area contributed by atoms with Crippen LogP contribution in [0.5, 0.6) is 0 Å². The van der Waals surface area contributed by atoms with Gasteiger partial charge in [-0.3, -0.25) is 4.52 Å². The highest BCUT2D eigenvalue weighted by molar-refractivity contribution is 7.60. The van der Waals surface area contributed by atoms with E-state index in [1.807, 2.05) is 6.92 Å². The van der Waals surface area contributed by atoms with E-state index in [4.69, 9.17) is 14.5 Å². The van der Waals surface area contributed by atoms with Crippen LogP contribution < -0.4 is 0 Å². The Kier molecular flexibility index (Phi) is 10.9. The second-order valence-electron chi connectivity index (χ2n) is 8.31. The Morgan fingerprint density at radius 3 is 1.87 bits per heavy atom. The minimum Gasteiger partial charge on any atom is -0.367 e. The minimum atomic E-state index is -5.08. The van der Waals surface area contributed by atoms with Crippen LogP contribution in [0.4, 0.5) is 0 Å². The van der Waals surface area contributed by atoms with Gasteiger partial charge in [-0.05, 0) is 73.1 Å². The lowest BCUT2D eigenvalue weighted by molar-refractivity contribution is 0.191. The highest BCUT2D eigenvalue weighted by Crippen LogP contribution is 2.57. The highest BCUT2D eigenvalue weighted by atomic mass is 31.3. The normalized spacial score (nSPS) is 22.1. The molecular weight excluding hydrogens is 430 g/mol. The molecule has 1 rings (SSSR count). The van der Waals surface area contributed by atoms with Gasteiger partial charge in [0.05, 0.1) is 18.3 Å². The maximum atomic E-state index is 11.3. The molecular formula is C20H36O8P2. The average molecular weight is 466 g/mol. The van der Waals surface area contributed by atoms with Gasteiger partial charge in [-0.25, -0.2) is 9.13 Å². The van der Waals surface area contributed by atoms with Crippen LogP contribution in [0.1, 0.15) is 73.1 Å². The Hall–Kier alpha value is -0.560. The summed E-state index contributed by atoms with van der Waals surface area (Å²) < 4.78 is 35.8. The largest absolute Gasteiger partial charge is 0.481 e. The summed E-state index contributed by atoms with van der Waals surface area (Å²) in [5.41, 5.74) is 3.71. The molecule has 1 fully saturated rings. The molecule has 8 nitrogen and oxygen atoms in total. The molecule has 2 atom stereocenters. The first-order valence-corrected chi connectivity index (χ1v) is 13.1. The van der Waals surface area contributed by atoms with Crippen molar-refractivity contribution in [3.8, 4) is 0 Å². The van der Waals surface area contributed by atoms with Crippen LogP contribution in [0.25, 0.3) is 0 Å². The Bertz CT molecular complexity index is 748.